The lowest BCUT2D eigenvalue weighted by molar-refractivity contribution is -0.140. The molecule has 1 heterocycles. The van der Waals surface area contributed by atoms with E-state index in [1.807, 2.05) is 48.5 Å². The molecule has 1 fully saturated rings. The van der Waals surface area contributed by atoms with Crippen molar-refractivity contribution >= 4 is 12.1 Å². The molecule has 0 radical (unpaired) electrons. The first-order valence-corrected chi connectivity index (χ1v) is 8.96. The molecule has 0 spiro atoms. The van der Waals surface area contributed by atoms with Gasteiger partial charge in [0.05, 0.1) is 20.3 Å². The van der Waals surface area contributed by atoms with E-state index in [0.29, 0.717) is 31.3 Å². The van der Waals surface area contributed by atoms with Gasteiger partial charge in [-0.2, -0.15) is 0 Å². The van der Waals surface area contributed by atoms with E-state index < -0.39 is 6.09 Å². The van der Waals surface area contributed by atoms with Crippen LogP contribution in [-0.2, 0) is 20.9 Å². The Kier molecular flexibility index (Phi) is 8.14. The highest BCUT2D eigenvalue weighted by molar-refractivity contribution is 5.69. The average molecular weight is 387 g/mol. The summed E-state index contributed by atoms with van der Waals surface area (Å²) in [5.74, 6) is 1.07. The highest BCUT2D eigenvalue weighted by Crippen LogP contribution is 2.32. The fraction of sp³-hybridized carbons (Fsp3) is 0.333. The number of methoxy groups -OCH3 is 1. The maximum atomic E-state index is 11.2. The minimum atomic E-state index is -0.396. The van der Waals surface area contributed by atoms with Gasteiger partial charge in [0.2, 0.25) is 0 Å². The number of carbonyl (C=O) groups is 2. The first-order chi connectivity index (χ1) is 13.5. The molecule has 1 saturated heterocycles. The van der Waals surface area contributed by atoms with Crippen LogP contribution >= 0.6 is 0 Å². The van der Waals surface area contributed by atoms with Gasteiger partial charge in [0, 0.05) is 6.92 Å². The third-order valence-corrected chi connectivity index (χ3v) is 3.83. The second kappa shape index (κ2) is 10.8. The van der Waals surface area contributed by atoms with E-state index in [1.54, 1.807) is 14.0 Å². The van der Waals surface area contributed by atoms with Crippen LogP contribution in [0.2, 0.25) is 0 Å². The lowest BCUT2D eigenvalue weighted by Gasteiger charge is -2.14. The van der Waals surface area contributed by atoms with Crippen molar-refractivity contribution in [3.8, 4) is 11.5 Å². The fourth-order valence-electron chi connectivity index (χ4n) is 2.52. The molecule has 28 heavy (non-hydrogen) atoms. The summed E-state index contributed by atoms with van der Waals surface area (Å²) in [4.78, 5) is 21.0. The van der Waals surface area contributed by atoms with Crippen LogP contribution in [-0.4, -0.2) is 32.3 Å². The lowest BCUT2D eigenvalue weighted by atomic mass is 10.1. The van der Waals surface area contributed by atoms with Crippen LogP contribution in [0.4, 0.5) is 4.79 Å². The Bertz CT molecular complexity index is 778. The van der Waals surface area contributed by atoms with Crippen molar-refractivity contribution in [2.45, 2.75) is 26.6 Å². The monoisotopic (exact) mass is 387 g/mol. The molecule has 2 aromatic rings. The number of benzene rings is 2. The molecule has 0 aliphatic carbocycles. The van der Waals surface area contributed by atoms with Crippen molar-refractivity contribution in [2.75, 3.05) is 20.3 Å². The molecule has 1 atom stereocenters. The van der Waals surface area contributed by atoms with Gasteiger partial charge in [0.25, 0.3) is 0 Å². The van der Waals surface area contributed by atoms with Gasteiger partial charge in [0.15, 0.2) is 11.5 Å². The highest BCUT2D eigenvalue weighted by Gasteiger charge is 2.25. The molecule has 7 nitrogen and oxygen atoms in total. The molecule has 1 N–H and O–H groups in total. The SMILES string of the molecule is CCOC(C)=O.COc1ccc(C2CNC(=O)O2)cc1OCc1ccccc1. The van der Waals surface area contributed by atoms with E-state index in [2.05, 4.69) is 10.1 Å². The summed E-state index contributed by atoms with van der Waals surface area (Å²) in [6.45, 7) is 4.56. The van der Waals surface area contributed by atoms with E-state index in [0.717, 1.165) is 11.1 Å². The number of esters is 1. The predicted molar refractivity (Wildman–Crippen MR) is 103 cm³/mol. The fourth-order valence-corrected chi connectivity index (χ4v) is 2.52. The van der Waals surface area contributed by atoms with Gasteiger partial charge in [-0.05, 0) is 30.2 Å². The minimum Gasteiger partial charge on any atom is -0.493 e. The van der Waals surface area contributed by atoms with Crippen LogP contribution in [0, 0.1) is 0 Å². The van der Waals surface area contributed by atoms with Crippen molar-refractivity contribution in [3.05, 3.63) is 59.7 Å². The number of cyclic esters (lactones) is 1. The van der Waals surface area contributed by atoms with E-state index in [-0.39, 0.29) is 12.1 Å². The molecule has 1 amide bonds. The van der Waals surface area contributed by atoms with E-state index in [1.165, 1.54) is 6.92 Å². The Morgan fingerprint density at radius 1 is 1.18 bits per heavy atom. The third-order valence-electron chi connectivity index (χ3n) is 3.83. The summed E-state index contributed by atoms with van der Waals surface area (Å²) in [6, 6.07) is 15.4. The van der Waals surface area contributed by atoms with Crippen molar-refractivity contribution in [2.24, 2.45) is 0 Å². The Labute approximate surface area is 164 Å². The zero-order valence-corrected chi connectivity index (χ0v) is 16.3. The van der Waals surface area contributed by atoms with Crippen LogP contribution < -0.4 is 14.8 Å². The highest BCUT2D eigenvalue weighted by atomic mass is 16.6. The van der Waals surface area contributed by atoms with Gasteiger partial charge in [0.1, 0.15) is 12.7 Å². The quantitative estimate of drug-likeness (QED) is 0.762. The van der Waals surface area contributed by atoms with Crippen LogP contribution in [0.25, 0.3) is 0 Å². The molecule has 0 saturated carbocycles. The maximum Gasteiger partial charge on any atom is 0.407 e. The summed E-state index contributed by atoms with van der Waals surface area (Å²) in [6.07, 6.45) is -0.690. The number of hydrogen-bond donors (Lipinski definition) is 1. The molecule has 1 aliphatic rings. The first kappa shape index (κ1) is 21.1. The zero-order chi connectivity index (χ0) is 20.4. The largest absolute Gasteiger partial charge is 0.493 e. The van der Waals surface area contributed by atoms with Crippen molar-refractivity contribution < 1.29 is 28.5 Å². The second-order valence-corrected chi connectivity index (χ2v) is 5.88. The van der Waals surface area contributed by atoms with Crippen LogP contribution in [0.3, 0.4) is 0 Å². The number of carbonyl (C=O) groups excluding carboxylic acids is 2. The first-order valence-electron chi connectivity index (χ1n) is 8.96. The molecule has 150 valence electrons. The summed E-state index contributed by atoms with van der Waals surface area (Å²) in [5.41, 5.74) is 1.95. The zero-order valence-electron chi connectivity index (χ0n) is 16.3. The van der Waals surface area contributed by atoms with Crippen LogP contribution in [0.15, 0.2) is 48.5 Å². The van der Waals surface area contributed by atoms with E-state index in [4.69, 9.17) is 14.2 Å². The smallest absolute Gasteiger partial charge is 0.407 e. The Morgan fingerprint density at radius 3 is 2.46 bits per heavy atom. The Balaban J connectivity index is 0.000000409. The third kappa shape index (κ3) is 6.50. The average Bonchev–Trinajstić information content (AvgIpc) is 3.13. The topological polar surface area (TPSA) is 83.1 Å². The van der Waals surface area contributed by atoms with Gasteiger partial charge in [-0.3, -0.25) is 4.79 Å². The van der Waals surface area contributed by atoms with Crippen molar-refractivity contribution in [1.82, 2.24) is 5.32 Å². The van der Waals surface area contributed by atoms with E-state index >= 15 is 0 Å². The number of rotatable bonds is 6. The van der Waals surface area contributed by atoms with E-state index in [9.17, 15) is 9.59 Å². The maximum absolute atomic E-state index is 11.2. The van der Waals surface area contributed by atoms with Crippen molar-refractivity contribution in [1.29, 1.82) is 0 Å². The molecule has 7 heteroatoms. The summed E-state index contributed by atoms with van der Waals surface area (Å²) >= 11 is 0. The van der Waals surface area contributed by atoms with Crippen LogP contribution in [0.5, 0.6) is 11.5 Å². The Morgan fingerprint density at radius 2 is 1.93 bits per heavy atom. The lowest BCUT2D eigenvalue weighted by Crippen LogP contribution is -2.12. The molecule has 0 aromatic heterocycles. The number of alkyl carbamates (subject to hydrolysis) is 1. The molecule has 2 aromatic carbocycles. The molecule has 1 aliphatic heterocycles. The number of nitrogens with one attached hydrogen (secondary N) is 1. The summed E-state index contributed by atoms with van der Waals surface area (Å²) in [5, 5.41) is 2.64. The number of hydrogen-bond acceptors (Lipinski definition) is 6. The molecular formula is C21H25NO6. The van der Waals surface area contributed by atoms with Crippen molar-refractivity contribution in [3.63, 3.8) is 0 Å². The summed E-state index contributed by atoms with van der Waals surface area (Å²) in [7, 11) is 1.60. The molecule has 0 bridgehead atoms. The van der Waals surface area contributed by atoms with Gasteiger partial charge < -0.3 is 24.3 Å². The van der Waals surface area contributed by atoms with Crippen LogP contribution in [0.1, 0.15) is 31.1 Å². The molecule has 1 unspecified atom stereocenters. The van der Waals surface area contributed by atoms with Gasteiger partial charge >= 0.3 is 12.1 Å². The second-order valence-electron chi connectivity index (χ2n) is 5.88. The predicted octanol–water partition coefficient (Wildman–Crippen LogP) is 3.62. The Hall–Kier alpha value is -3.22. The normalized spacial score (nSPS) is 14.8. The minimum absolute atomic E-state index is 0.211. The summed E-state index contributed by atoms with van der Waals surface area (Å²) < 4.78 is 20.8. The molecule has 3 rings (SSSR count). The van der Waals surface area contributed by atoms with Gasteiger partial charge in [-0.25, -0.2) is 4.79 Å². The number of amides is 1. The van der Waals surface area contributed by atoms with Gasteiger partial charge in [-0.15, -0.1) is 0 Å². The molecular weight excluding hydrogens is 362 g/mol. The standard InChI is InChI=1S/C17H17NO4.C4H8O2/c1-20-14-8-7-13(16-10-18-17(19)22-16)9-15(14)21-11-12-5-3-2-4-6-12;1-3-6-4(2)5/h2-9,16H,10-11H2,1H3,(H,18,19);3H2,1-2H3. The van der Waals surface area contributed by atoms with Gasteiger partial charge in [-0.1, -0.05) is 36.4 Å². The number of ether oxygens (including phenoxy) is 4.